The Kier molecular flexibility index (Phi) is 3.19. The second kappa shape index (κ2) is 4.61. The van der Waals surface area contributed by atoms with Crippen molar-refractivity contribution in [2.45, 2.75) is 0 Å². The van der Waals surface area contributed by atoms with Crippen molar-refractivity contribution in [2.75, 3.05) is 0 Å². The third-order valence-corrected chi connectivity index (χ3v) is 2.84. The van der Waals surface area contributed by atoms with Gasteiger partial charge in [-0.2, -0.15) is 4.98 Å². The molecule has 1 aromatic heterocycles. The van der Waals surface area contributed by atoms with Gasteiger partial charge in [0, 0.05) is 11.8 Å². The van der Waals surface area contributed by atoms with Crippen LogP contribution < -0.4 is 9.05 Å². The average molecular weight is 257 g/mol. The summed E-state index contributed by atoms with van der Waals surface area (Å²) < 4.78 is 10.1. The van der Waals surface area contributed by atoms with Gasteiger partial charge in [-0.3, -0.25) is 5.10 Å². The number of aromatic nitrogens is 3. The van der Waals surface area contributed by atoms with Gasteiger partial charge in [0.05, 0.1) is 0 Å². The van der Waals surface area contributed by atoms with Crippen molar-refractivity contribution >= 4 is 18.5 Å². The number of rotatable bonds is 4. The van der Waals surface area contributed by atoms with Crippen LogP contribution in [0.3, 0.4) is 0 Å². The highest BCUT2D eigenvalue weighted by Gasteiger charge is 2.20. The second-order valence-corrected chi connectivity index (χ2v) is 5.43. The zero-order valence-corrected chi connectivity index (χ0v) is 9.69. The molecule has 16 heavy (non-hydrogen) atoms. The van der Waals surface area contributed by atoms with Crippen LogP contribution in [0.2, 0.25) is 0 Å². The van der Waals surface area contributed by atoms with Crippen molar-refractivity contribution in [3.8, 4) is 11.8 Å². The minimum atomic E-state index is -3.41. The molecule has 0 aliphatic carbocycles. The second-order valence-electron chi connectivity index (χ2n) is 2.75. The molecule has 1 unspecified atom stereocenters. The number of benzene rings is 1. The van der Waals surface area contributed by atoms with E-state index in [9.17, 15) is 4.89 Å². The van der Waals surface area contributed by atoms with Gasteiger partial charge >= 0.3 is 12.7 Å². The average Bonchev–Trinajstić information content (AvgIpc) is 2.70. The van der Waals surface area contributed by atoms with Crippen LogP contribution in [-0.4, -0.2) is 20.1 Å². The van der Waals surface area contributed by atoms with Crippen LogP contribution in [-0.2, 0) is 11.8 Å². The predicted molar refractivity (Wildman–Crippen MR) is 60.6 cm³/mol. The molecule has 0 aliphatic rings. The number of para-hydroxylation sites is 1. The molecule has 0 saturated carbocycles. The summed E-state index contributed by atoms with van der Waals surface area (Å²) >= 11 is 4.80. The molecule has 1 aromatic carbocycles. The van der Waals surface area contributed by atoms with E-state index in [1.807, 2.05) is 6.07 Å². The fourth-order valence-electron chi connectivity index (χ4n) is 0.977. The van der Waals surface area contributed by atoms with Gasteiger partial charge in [-0.05, 0) is 12.1 Å². The van der Waals surface area contributed by atoms with Gasteiger partial charge in [0.25, 0.3) is 0 Å². The number of nitrogens with zero attached hydrogens (tertiary/aromatic N) is 2. The van der Waals surface area contributed by atoms with E-state index in [0.717, 1.165) is 0 Å². The Morgan fingerprint density at radius 3 is 2.62 bits per heavy atom. The first-order valence-corrected chi connectivity index (χ1v) is 6.88. The quantitative estimate of drug-likeness (QED) is 0.807. The van der Waals surface area contributed by atoms with Crippen molar-refractivity contribution in [1.82, 2.24) is 15.2 Å². The summed E-state index contributed by atoms with van der Waals surface area (Å²) in [6.07, 6.45) is 1.31. The van der Waals surface area contributed by atoms with Gasteiger partial charge in [-0.1, -0.05) is 18.2 Å². The molecule has 0 fully saturated rings. The smallest absolute Gasteiger partial charge is 0.416 e. The summed E-state index contributed by atoms with van der Waals surface area (Å²) in [5.74, 6) is 0.434. The van der Waals surface area contributed by atoms with E-state index in [4.69, 9.17) is 20.9 Å². The summed E-state index contributed by atoms with van der Waals surface area (Å²) in [5, 5.41) is 6.04. The zero-order valence-electron chi connectivity index (χ0n) is 7.98. The Morgan fingerprint density at radius 1 is 1.25 bits per heavy atom. The first-order chi connectivity index (χ1) is 7.66. The van der Waals surface area contributed by atoms with Gasteiger partial charge in [-0.25, -0.2) is 0 Å². The van der Waals surface area contributed by atoms with Gasteiger partial charge in [0.2, 0.25) is 0 Å². The highest BCUT2D eigenvalue weighted by atomic mass is 32.5. The third-order valence-electron chi connectivity index (χ3n) is 1.55. The minimum Gasteiger partial charge on any atom is -0.416 e. The van der Waals surface area contributed by atoms with Crippen LogP contribution in [0, 0.1) is 0 Å². The molecule has 0 saturated heterocycles. The molecular weight excluding hydrogens is 249 g/mol. The van der Waals surface area contributed by atoms with Crippen molar-refractivity contribution < 1.29 is 13.9 Å². The van der Waals surface area contributed by atoms with Crippen LogP contribution >= 0.6 is 6.72 Å². The lowest BCUT2D eigenvalue weighted by Gasteiger charge is -2.14. The Balaban J connectivity index is 2.06. The molecule has 1 heterocycles. The maximum absolute atomic E-state index is 9.73. The summed E-state index contributed by atoms with van der Waals surface area (Å²) in [6, 6.07) is 8.64. The Labute approximate surface area is 96.5 Å². The van der Waals surface area contributed by atoms with Gasteiger partial charge in [0.15, 0.2) is 0 Å². The summed E-state index contributed by atoms with van der Waals surface area (Å²) in [5.41, 5.74) is 0. The van der Waals surface area contributed by atoms with Crippen molar-refractivity contribution in [1.29, 1.82) is 0 Å². The lowest BCUT2D eigenvalue weighted by atomic mass is 10.3. The molecule has 0 amide bonds. The van der Waals surface area contributed by atoms with E-state index in [2.05, 4.69) is 15.2 Å². The summed E-state index contributed by atoms with van der Waals surface area (Å²) in [7, 11) is 0. The molecular formula is C8H8N3O3PS. The topological polar surface area (TPSA) is 80.3 Å². The molecule has 2 N–H and O–H groups in total. The van der Waals surface area contributed by atoms with Gasteiger partial charge in [0.1, 0.15) is 12.1 Å². The van der Waals surface area contributed by atoms with E-state index in [1.165, 1.54) is 6.33 Å². The predicted octanol–water partition coefficient (Wildman–Crippen LogP) is 1.48. The molecule has 0 aliphatic heterocycles. The van der Waals surface area contributed by atoms with E-state index < -0.39 is 6.72 Å². The molecule has 0 spiro atoms. The van der Waals surface area contributed by atoms with Crippen molar-refractivity contribution in [3.05, 3.63) is 36.7 Å². The first-order valence-electron chi connectivity index (χ1n) is 4.28. The SMILES string of the molecule is OP(=S)(Oc1ccccc1)Oc1nc[nH]n1. The van der Waals surface area contributed by atoms with Crippen LogP contribution in [0.4, 0.5) is 0 Å². The Hall–Kier alpha value is -1.43. The van der Waals surface area contributed by atoms with Gasteiger partial charge in [-0.15, -0.1) is 5.10 Å². The largest absolute Gasteiger partial charge is 0.434 e. The molecule has 0 bridgehead atoms. The highest BCUT2D eigenvalue weighted by Crippen LogP contribution is 2.43. The van der Waals surface area contributed by atoms with Crippen LogP contribution in [0.1, 0.15) is 0 Å². The van der Waals surface area contributed by atoms with E-state index in [-0.39, 0.29) is 6.01 Å². The normalized spacial score (nSPS) is 14.1. The van der Waals surface area contributed by atoms with Gasteiger partial charge < -0.3 is 13.9 Å². The van der Waals surface area contributed by atoms with E-state index in [0.29, 0.717) is 5.75 Å². The number of H-pyrrole nitrogens is 1. The molecule has 2 rings (SSSR count). The van der Waals surface area contributed by atoms with Crippen LogP contribution in [0.25, 0.3) is 0 Å². The van der Waals surface area contributed by atoms with Crippen molar-refractivity contribution in [3.63, 3.8) is 0 Å². The molecule has 2 aromatic rings. The number of aromatic amines is 1. The van der Waals surface area contributed by atoms with E-state index in [1.54, 1.807) is 24.3 Å². The fourth-order valence-corrected chi connectivity index (χ4v) is 2.16. The molecule has 6 nitrogen and oxygen atoms in total. The first kappa shape index (κ1) is 11.1. The molecule has 8 heteroatoms. The maximum atomic E-state index is 9.73. The third kappa shape index (κ3) is 3.03. The fraction of sp³-hybridized carbons (Fsp3) is 0. The van der Waals surface area contributed by atoms with Crippen molar-refractivity contribution in [2.24, 2.45) is 0 Å². The van der Waals surface area contributed by atoms with Crippen LogP contribution in [0.15, 0.2) is 36.7 Å². The summed E-state index contributed by atoms with van der Waals surface area (Å²) in [4.78, 5) is 13.4. The lowest BCUT2D eigenvalue weighted by molar-refractivity contribution is 0.365. The number of hydrogen-bond donors (Lipinski definition) is 2. The van der Waals surface area contributed by atoms with E-state index >= 15 is 0 Å². The maximum Gasteiger partial charge on any atom is 0.434 e. The minimum absolute atomic E-state index is 0.0400. The standard InChI is InChI=1S/C8H8N3O3PS/c12-15(16,14-8-9-6-10-11-8)13-7-4-2-1-3-5-7/h1-6H,(H,12,16)(H,9,10,11). The zero-order chi connectivity index (χ0) is 11.4. The molecule has 1 atom stereocenters. The Bertz CT molecular complexity index is 490. The molecule has 84 valence electrons. The highest BCUT2D eigenvalue weighted by molar-refractivity contribution is 8.07. The molecule has 0 radical (unpaired) electrons. The van der Waals surface area contributed by atoms with Crippen LogP contribution in [0.5, 0.6) is 11.8 Å². The Morgan fingerprint density at radius 2 is 2.00 bits per heavy atom. The monoisotopic (exact) mass is 257 g/mol. The number of nitrogens with one attached hydrogen (secondary N) is 1. The summed E-state index contributed by atoms with van der Waals surface area (Å²) in [6.45, 7) is -3.41. The lowest BCUT2D eigenvalue weighted by Crippen LogP contribution is -2.00. The number of hydrogen-bond acceptors (Lipinski definition) is 5.